The van der Waals surface area contributed by atoms with Crippen molar-refractivity contribution in [1.82, 2.24) is 4.90 Å². The van der Waals surface area contributed by atoms with E-state index in [9.17, 15) is 14.9 Å². The lowest BCUT2D eigenvalue weighted by Gasteiger charge is -2.38. The molecule has 0 aromatic heterocycles. The van der Waals surface area contributed by atoms with Crippen molar-refractivity contribution in [3.8, 4) is 0 Å². The molecule has 1 aliphatic heterocycles. The molecule has 1 aromatic carbocycles. The molecular formula is C15H21N3O3. The zero-order chi connectivity index (χ0) is 15.4. The average Bonchev–Trinajstić information content (AvgIpc) is 2.47. The van der Waals surface area contributed by atoms with Gasteiger partial charge in [0.25, 0.3) is 5.69 Å². The monoisotopic (exact) mass is 291 g/mol. The van der Waals surface area contributed by atoms with Crippen LogP contribution in [0.2, 0.25) is 0 Å². The predicted octanol–water partition coefficient (Wildman–Crippen LogP) is 1.72. The van der Waals surface area contributed by atoms with Crippen LogP contribution < -0.4 is 5.73 Å². The molecule has 0 radical (unpaired) electrons. The van der Waals surface area contributed by atoms with Gasteiger partial charge in [0, 0.05) is 31.3 Å². The number of non-ortho nitro benzene ring substituents is 1. The number of nitro benzene ring substituents is 1. The van der Waals surface area contributed by atoms with Gasteiger partial charge in [0.05, 0.1) is 11.3 Å². The summed E-state index contributed by atoms with van der Waals surface area (Å²) in [6.45, 7) is 3.41. The Hall–Kier alpha value is -1.95. The third kappa shape index (κ3) is 3.78. The second kappa shape index (κ2) is 6.67. The molecule has 114 valence electrons. The molecule has 1 aliphatic rings. The van der Waals surface area contributed by atoms with Crippen LogP contribution in [0.15, 0.2) is 24.3 Å². The number of piperidine rings is 1. The van der Waals surface area contributed by atoms with Crippen molar-refractivity contribution in [2.45, 2.75) is 32.2 Å². The molecule has 21 heavy (non-hydrogen) atoms. The molecule has 6 nitrogen and oxygen atoms in total. The van der Waals surface area contributed by atoms with Crippen LogP contribution in [0.1, 0.15) is 25.3 Å². The summed E-state index contributed by atoms with van der Waals surface area (Å²) in [6.07, 6.45) is 2.22. The number of rotatable bonds is 4. The molecule has 1 aromatic rings. The predicted molar refractivity (Wildman–Crippen MR) is 79.8 cm³/mol. The summed E-state index contributed by atoms with van der Waals surface area (Å²) in [5, 5.41) is 10.6. The molecule has 0 bridgehead atoms. The Morgan fingerprint density at radius 3 is 2.67 bits per heavy atom. The molecule has 1 saturated heterocycles. The van der Waals surface area contributed by atoms with E-state index in [0.29, 0.717) is 12.5 Å². The van der Waals surface area contributed by atoms with E-state index in [-0.39, 0.29) is 24.1 Å². The van der Waals surface area contributed by atoms with E-state index in [0.717, 1.165) is 24.9 Å². The number of benzene rings is 1. The van der Waals surface area contributed by atoms with Gasteiger partial charge in [0.15, 0.2) is 0 Å². The molecule has 0 spiro atoms. The summed E-state index contributed by atoms with van der Waals surface area (Å²) < 4.78 is 0. The van der Waals surface area contributed by atoms with Crippen molar-refractivity contribution in [2.75, 3.05) is 13.1 Å². The summed E-state index contributed by atoms with van der Waals surface area (Å²) in [4.78, 5) is 24.4. The Morgan fingerprint density at radius 2 is 2.10 bits per heavy atom. The minimum atomic E-state index is -0.442. The van der Waals surface area contributed by atoms with Crippen molar-refractivity contribution in [3.63, 3.8) is 0 Å². The zero-order valence-corrected chi connectivity index (χ0v) is 12.2. The zero-order valence-electron chi connectivity index (χ0n) is 12.2. The van der Waals surface area contributed by atoms with Gasteiger partial charge in [0.2, 0.25) is 5.91 Å². The van der Waals surface area contributed by atoms with E-state index in [1.807, 2.05) is 4.90 Å². The number of amides is 1. The van der Waals surface area contributed by atoms with Gasteiger partial charge in [-0.1, -0.05) is 19.1 Å². The summed E-state index contributed by atoms with van der Waals surface area (Å²) in [5.41, 5.74) is 6.60. The normalized spacial score (nSPS) is 22.1. The van der Waals surface area contributed by atoms with Gasteiger partial charge in [-0.2, -0.15) is 0 Å². The summed E-state index contributed by atoms with van der Waals surface area (Å²) in [5.74, 6) is 0.646. The van der Waals surface area contributed by atoms with E-state index >= 15 is 0 Å². The second-order valence-corrected chi connectivity index (χ2v) is 5.71. The second-order valence-electron chi connectivity index (χ2n) is 5.71. The molecule has 2 rings (SSSR count). The minimum absolute atomic E-state index is 0.0397. The van der Waals surface area contributed by atoms with Crippen LogP contribution in [0.5, 0.6) is 0 Å². The number of nitrogens with two attached hydrogens (primary N) is 1. The maximum Gasteiger partial charge on any atom is 0.269 e. The quantitative estimate of drug-likeness (QED) is 0.675. The molecule has 0 aliphatic carbocycles. The fraction of sp³-hybridized carbons (Fsp3) is 0.533. The molecule has 0 saturated carbocycles. The highest BCUT2D eigenvalue weighted by Crippen LogP contribution is 2.23. The molecule has 1 amide bonds. The number of hydrogen-bond acceptors (Lipinski definition) is 4. The van der Waals surface area contributed by atoms with Crippen molar-refractivity contribution < 1.29 is 9.72 Å². The Morgan fingerprint density at radius 1 is 1.43 bits per heavy atom. The van der Waals surface area contributed by atoms with E-state index < -0.39 is 4.92 Å². The first-order chi connectivity index (χ1) is 10.0. The van der Waals surface area contributed by atoms with E-state index in [4.69, 9.17) is 5.73 Å². The fourth-order valence-electron chi connectivity index (χ4n) is 2.82. The fourth-order valence-corrected chi connectivity index (χ4v) is 2.82. The van der Waals surface area contributed by atoms with Gasteiger partial charge in [-0.05, 0) is 24.3 Å². The highest BCUT2D eigenvalue weighted by atomic mass is 16.6. The van der Waals surface area contributed by atoms with Gasteiger partial charge >= 0.3 is 0 Å². The third-order valence-corrected chi connectivity index (χ3v) is 4.07. The Bertz CT molecular complexity index is 515. The number of nitrogens with zero attached hydrogens (tertiary/aromatic N) is 2. The molecule has 2 unspecified atom stereocenters. The van der Waals surface area contributed by atoms with E-state index in [1.54, 1.807) is 12.1 Å². The van der Waals surface area contributed by atoms with Crippen molar-refractivity contribution in [3.05, 3.63) is 39.9 Å². The van der Waals surface area contributed by atoms with Gasteiger partial charge in [-0.25, -0.2) is 0 Å². The summed E-state index contributed by atoms with van der Waals surface area (Å²) in [7, 11) is 0. The van der Waals surface area contributed by atoms with Crippen LogP contribution in [0.25, 0.3) is 0 Å². The van der Waals surface area contributed by atoms with Gasteiger partial charge < -0.3 is 10.6 Å². The number of carbonyl (C=O) groups is 1. The number of nitro groups is 1. The molecule has 6 heteroatoms. The van der Waals surface area contributed by atoms with Crippen molar-refractivity contribution in [2.24, 2.45) is 11.7 Å². The molecular weight excluding hydrogens is 270 g/mol. The lowest BCUT2D eigenvalue weighted by atomic mass is 9.92. The standard InChI is InChI=1S/C15H21N3O3/c1-11-6-7-17(14(8-11)10-16)15(19)9-12-2-4-13(5-3-12)18(20)21/h2-5,11,14H,6-10,16H2,1H3. The first kappa shape index (κ1) is 15.4. The van der Waals surface area contributed by atoms with Crippen LogP contribution in [0, 0.1) is 16.0 Å². The molecule has 1 fully saturated rings. The lowest BCUT2D eigenvalue weighted by molar-refractivity contribution is -0.384. The first-order valence-electron chi connectivity index (χ1n) is 7.24. The van der Waals surface area contributed by atoms with Crippen LogP contribution in [-0.2, 0) is 11.2 Å². The Labute approximate surface area is 124 Å². The summed E-state index contributed by atoms with van der Waals surface area (Å²) >= 11 is 0. The molecule has 2 N–H and O–H groups in total. The minimum Gasteiger partial charge on any atom is -0.338 e. The van der Waals surface area contributed by atoms with Crippen LogP contribution in [0.4, 0.5) is 5.69 Å². The maximum atomic E-state index is 12.4. The highest BCUT2D eigenvalue weighted by Gasteiger charge is 2.28. The Balaban J connectivity index is 2.01. The smallest absolute Gasteiger partial charge is 0.269 e. The topological polar surface area (TPSA) is 89.5 Å². The number of hydrogen-bond donors (Lipinski definition) is 1. The number of carbonyl (C=O) groups excluding carboxylic acids is 1. The summed E-state index contributed by atoms with van der Waals surface area (Å²) in [6, 6.07) is 6.25. The van der Waals surface area contributed by atoms with Crippen LogP contribution in [-0.4, -0.2) is 34.9 Å². The average molecular weight is 291 g/mol. The van der Waals surface area contributed by atoms with Gasteiger partial charge in [-0.3, -0.25) is 14.9 Å². The maximum absolute atomic E-state index is 12.4. The van der Waals surface area contributed by atoms with Crippen molar-refractivity contribution >= 4 is 11.6 Å². The van der Waals surface area contributed by atoms with E-state index in [1.165, 1.54) is 12.1 Å². The van der Waals surface area contributed by atoms with Gasteiger partial charge in [0.1, 0.15) is 0 Å². The molecule has 1 heterocycles. The van der Waals surface area contributed by atoms with Crippen LogP contribution >= 0.6 is 0 Å². The van der Waals surface area contributed by atoms with Crippen molar-refractivity contribution in [1.29, 1.82) is 0 Å². The highest BCUT2D eigenvalue weighted by molar-refractivity contribution is 5.79. The van der Waals surface area contributed by atoms with Gasteiger partial charge in [-0.15, -0.1) is 0 Å². The first-order valence-corrected chi connectivity index (χ1v) is 7.24. The SMILES string of the molecule is CC1CCN(C(=O)Cc2ccc([N+](=O)[O-])cc2)C(CN)C1. The molecule has 2 atom stereocenters. The van der Waals surface area contributed by atoms with E-state index in [2.05, 4.69) is 6.92 Å². The Kier molecular flexibility index (Phi) is 4.90. The lowest BCUT2D eigenvalue weighted by Crippen LogP contribution is -2.49. The van der Waals surface area contributed by atoms with Crippen LogP contribution in [0.3, 0.4) is 0 Å². The number of likely N-dealkylation sites (tertiary alicyclic amines) is 1. The largest absolute Gasteiger partial charge is 0.338 e. The third-order valence-electron chi connectivity index (χ3n) is 4.07.